The molecular formula is C35H49N5O8S2. The zero-order valence-corrected chi connectivity index (χ0v) is 30.5. The number of aromatic nitrogens is 1. The van der Waals surface area contributed by atoms with Crippen LogP contribution in [-0.2, 0) is 35.4 Å². The number of hydrogen-bond donors (Lipinski definition) is 3. The van der Waals surface area contributed by atoms with Gasteiger partial charge in [0.1, 0.15) is 6.10 Å². The Balaban J connectivity index is 1.16. The van der Waals surface area contributed by atoms with Crippen LogP contribution in [0.2, 0.25) is 0 Å². The fourth-order valence-electron chi connectivity index (χ4n) is 6.86. The molecule has 3 saturated heterocycles. The summed E-state index contributed by atoms with van der Waals surface area (Å²) in [5, 5.41) is 18.8. The molecule has 3 aliphatic heterocycles. The molecule has 1 amide bonds. The summed E-state index contributed by atoms with van der Waals surface area (Å²) < 4.78 is 52.6. The standard InChI is InChI=1S/C35H49N5O8S2/c1-23(2)19-40(50(43,44)26-9-10-28-32(18-26)49-34(37-28)36-25-11-13-39(20-25)14-16-45-3)21-30(41)29(17-24-7-5-4-6-8-24)38-35(42)48-31-22-47-33-27(31)12-15-46-33/h4-10,18,23,25,27,29-31,33,41H,11-17,19-22H2,1-3H3,(H,36,37)(H,38,42). The molecule has 0 aliphatic carbocycles. The minimum atomic E-state index is -4.04. The van der Waals surface area contributed by atoms with Gasteiger partial charge in [-0.3, -0.25) is 4.90 Å². The van der Waals surface area contributed by atoms with E-state index in [0.717, 1.165) is 53.4 Å². The number of carbonyl (C=O) groups is 1. The molecule has 0 bridgehead atoms. The Labute approximate surface area is 298 Å². The number of hydrogen-bond acceptors (Lipinski definition) is 12. The topological polar surface area (TPSA) is 152 Å². The van der Waals surface area contributed by atoms with E-state index in [9.17, 15) is 18.3 Å². The molecule has 3 N–H and O–H groups in total. The Hall–Kier alpha value is -2.89. The summed E-state index contributed by atoms with van der Waals surface area (Å²) in [4.78, 5) is 20.4. The third-order valence-electron chi connectivity index (χ3n) is 9.48. The SMILES string of the molecule is COCCN1CCC(Nc2nc3ccc(S(=O)(=O)N(CC(C)C)CC(O)C(Cc4ccccc4)NC(=O)OC4COC5OCCC45)cc3s2)C1. The molecule has 50 heavy (non-hydrogen) atoms. The van der Waals surface area contributed by atoms with E-state index in [1.807, 2.05) is 44.2 Å². The second kappa shape index (κ2) is 16.6. The molecule has 0 radical (unpaired) electrons. The van der Waals surface area contributed by atoms with Gasteiger partial charge in [0, 0.05) is 45.9 Å². The number of sulfonamides is 1. The summed E-state index contributed by atoms with van der Waals surface area (Å²) in [5.74, 6) is -0.0592. The van der Waals surface area contributed by atoms with Gasteiger partial charge in [-0.05, 0) is 48.9 Å². The summed E-state index contributed by atoms with van der Waals surface area (Å²) in [6, 6.07) is 13.8. The summed E-state index contributed by atoms with van der Waals surface area (Å²) in [6.07, 6.45) is -0.752. The van der Waals surface area contributed by atoms with Crippen molar-refractivity contribution in [1.82, 2.24) is 19.5 Å². The highest BCUT2D eigenvalue weighted by atomic mass is 32.2. The van der Waals surface area contributed by atoms with Crippen LogP contribution in [0, 0.1) is 11.8 Å². The van der Waals surface area contributed by atoms with Crippen LogP contribution in [-0.4, -0.2) is 124 Å². The van der Waals surface area contributed by atoms with Gasteiger partial charge < -0.3 is 34.7 Å². The van der Waals surface area contributed by atoms with Crippen molar-refractivity contribution in [3.8, 4) is 0 Å². The van der Waals surface area contributed by atoms with Crippen molar-refractivity contribution in [2.75, 3.05) is 65.0 Å². The number of aliphatic hydroxyl groups is 1. The molecule has 3 fully saturated rings. The number of rotatable bonds is 16. The van der Waals surface area contributed by atoms with E-state index in [2.05, 4.69) is 15.5 Å². The number of aliphatic hydroxyl groups excluding tert-OH is 1. The maximum Gasteiger partial charge on any atom is 0.407 e. The third-order valence-corrected chi connectivity index (χ3v) is 12.3. The first-order valence-electron chi connectivity index (χ1n) is 17.4. The molecule has 6 atom stereocenters. The number of anilines is 1. The summed E-state index contributed by atoms with van der Waals surface area (Å²) in [5.41, 5.74) is 1.60. The van der Waals surface area contributed by atoms with Gasteiger partial charge in [0.25, 0.3) is 0 Å². The molecule has 4 heterocycles. The molecule has 3 aromatic rings. The van der Waals surface area contributed by atoms with Crippen molar-refractivity contribution in [3.63, 3.8) is 0 Å². The van der Waals surface area contributed by atoms with Crippen molar-refractivity contribution in [2.45, 2.75) is 68.6 Å². The van der Waals surface area contributed by atoms with Crippen LogP contribution in [0.4, 0.5) is 9.93 Å². The maximum absolute atomic E-state index is 14.2. The van der Waals surface area contributed by atoms with E-state index in [1.165, 1.54) is 15.6 Å². The van der Waals surface area contributed by atoms with Crippen molar-refractivity contribution < 1.29 is 37.3 Å². The Morgan fingerprint density at radius 1 is 1.16 bits per heavy atom. The highest BCUT2D eigenvalue weighted by Crippen LogP contribution is 2.33. The van der Waals surface area contributed by atoms with E-state index < -0.39 is 34.4 Å². The lowest BCUT2D eigenvalue weighted by Crippen LogP contribution is -2.51. The van der Waals surface area contributed by atoms with Crippen molar-refractivity contribution >= 4 is 42.8 Å². The molecule has 1 aromatic heterocycles. The number of amides is 1. The average Bonchev–Trinajstić information content (AvgIpc) is 3.89. The highest BCUT2D eigenvalue weighted by molar-refractivity contribution is 7.89. The number of alkyl carbamates (subject to hydrolysis) is 1. The lowest BCUT2D eigenvalue weighted by Gasteiger charge is -2.31. The zero-order valence-electron chi connectivity index (χ0n) is 28.9. The fraction of sp³-hybridized carbons (Fsp3) is 0.600. The summed E-state index contributed by atoms with van der Waals surface area (Å²) in [7, 11) is -2.33. The lowest BCUT2D eigenvalue weighted by atomic mass is 10.0. The smallest absolute Gasteiger partial charge is 0.407 e. The largest absolute Gasteiger partial charge is 0.443 e. The van der Waals surface area contributed by atoms with E-state index >= 15 is 0 Å². The van der Waals surface area contributed by atoms with Crippen LogP contribution in [0.25, 0.3) is 10.2 Å². The number of benzene rings is 2. The molecule has 274 valence electrons. The molecule has 6 rings (SSSR count). The Morgan fingerprint density at radius 2 is 1.98 bits per heavy atom. The summed E-state index contributed by atoms with van der Waals surface area (Å²) in [6.45, 7) is 8.07. The number of methoxy groups -OCH3 is 1. The monoisotopic (exact) mass is 731 g/mol. The van der Waals surface area contributed by atoms with Crippen molar-refractivity contribution in [3.05, 3.63) is 54.1 Å². The molecule has 0 spiro atoms. The number of likely N-dealkylation sites (tertiary alicyclic amines) is 1. The van der Waals surface area contributed by atoms with Crippen molar-refractivity contribution in [1.29, 1.82) is 0 Å². The molecule has 0 saturated carbocycles. The van der Waals surface area contributed by atoms with Gasteiger partial charge in [0.2, 0.25) is 10.0 Å². The van der Waals surface area contributed by atoms with Crippen LogP contribution < -0.4 is 10.6 Å². The van der Waals surface area contributed by atoms with E-state index in [0.29, 0.717) is 13.2 Å². The van der Waals surface area contributed by atoms with Gasteiger partial charge in [-0.15, -0.1) is 0 Å². The number of ether oxygens (including phenoxy) is 4. The van der Waals surface area contributed by atoms with E-state index in [4.69, 9.17) is 23.9 Å². The predicted octanol–water partition coefficient (Wildman–Crippen LogP) is 3.54. The van der Waals surface area contributed by atoms with E-state index in [1.54, 1.807) is 25.3 Å². The van der Waals surface area contributed by atoms with Crippen molar-refractivity contribution in [2.24, 2.45) is 11.8 Å². The molecule has 13 nitrogen and oxygen atoms in total. The molecule has 6 unspecified atom stereocenters. The summed E-state index contributed by atoms with van der Waals surface area (Å²) >= 11 is 1.43. The molecule has 3 aliphatic rings. The molecular weight excluding hydrogens is 683 g/mol. The Morgan fingerprint density at radius 3 is 2.76 bits per heavy atom. The second-order valence-electron chi connectivity index (χ2n) is 13.8. The molecule has 15 heteroatoms. The van der Waals surface area contributed by atoms with Crippen LogP contribution in [0.3, 0.4) is 0 Å². The van der Waals surface area contributed by atoms with Crippen LogP contribution in [0.15, 0.2) is 53.4 Å². The number of nitrogens with zero attached hydrogens (tertiary/aromatic N) is 3. The Bertz CT molecular complexity index is 1680. The first-order chi connectivity index (χ1) is 24.1. The van der Waals surface area contributed by atoms with Gasteiger partial charge in [0.05, 0.1) is 53.0 Å². The second-order valence-corrected chi connectivity index (χ2v) is 16.7. The first kappa shape index (κ1) is 36.9. The predicted molar refractivity (Wildman–Crippen MR) is 191 cm³/mol. The normalized spacial score (nSPS) is 23.8. The van der Waals surface area contributed by atoms with Gasteiger partial charge in [-0.2, -0.15) is 4.31 Å². The zero-order chi connectivity index (χ0) is 35.3. The minimum Gasteiger partial charge on any atom is -0.443 e. The Kier molecular flexibility index (Phi) is 12.3. The average molecular weight is 732 g/mol. The van der Waals surface area contributed by atoms with Gasteiger partial charge in [0.15, 0.2) is 11.4 Å². The van der Waals surface area contributed by atoms with Gasteiger partial charge in [-0.1, -0.05) is 55.5 Å². The fourth-order valence-corrected chi connectivity index (χ4v) is 9.57. The lowest BCUT2D eigenvalue weighted by molar-refractivity contribution is -0.0907. The highest BCUT2D eigenvalue weighted by Gasteiger charge is 2.44. The quantitative estimate of drug-likeness (QED) is 0.199. The van der Waals surface area contributed by atoms with Gasteiger partial charge >= 0.3 is 6.09 Å². The van der Waals surface area contributed by atoms with Crippen LogP contribution in [0.1, 0.15) is 32.3 Å². The first-order valence-corrected chi connectivity index (χ1v) is 19.7. The third kappa shape index (κ3) is 9.12. The molecule has 2 aromatic carbocycles. The van der Waals surface area contributed by atoms with Crippen LogP contribution >= 0.6 is 11.3 Å². The van der Waals surface area contributed by atoms with Crippen LogP contribution in [0.5, 0.6) is 0 Å². The van der Waals surface area contributed by atoms with Gasteiger partial charge in [-0.25, -0.2) is 18.2 Å². The number of fused-ring (bicyclic) bond motifs is 2. The minimum absolute atomic E-state index is 0.0239. The van der Waals surface area contributed by atoms with E-state index in [-0.39, 0.29) is 55.2 Å². The number of thiazole rings is 1. The number of carbonyl (C=O) groups excluding carboxylic acids is 1. The number of nitrogens with one attached hydrogen (secondary N) is 2. The maximum atomic E-state index is 14.2.